The van der Waals surface area contributed by atoms with Crippen LogP contribution in [0.1, 0.15) is 169 Å². The Balaban J connectivity index is 0.00000180. The van der Waals surface area contributed by atoms with Crippen LogP contribution in [0.4, 0.5) is 149 Å². The number of halogens is 34. The smallest absolute Gasteiger partial charge is 0.460 e. The number of thioether (sulfide) groups is 2. The number of benzene rings is 2. The maximum Gasteiger partial charge on any atom is 0.460 e. The Morgan fingerprint density at radius 2 is 0.882 bits per heavy atom. The number of nitrogens with zero attached hydrogens (tertiary/aromatic N) is 3. The molecular weight excluding hydrogens is 2130 g/mol. The molecule has 0 bridgehead atoms. The van der Waals surface area contributed by atoms with Crippen molar-refractivity contribution in [1.29, 1.82) is 5.26 Å². The predicted octanol–water partition coefficient (Wildman–Crippen LogP) is 25.9. The van der Waals surface area contributed by atoms with Crippen LogP contribution in [0.3, 0.4) is 0 Å². The van der Waals surface area contributed by atoms with Gasteiger partial charge in [0.25, 0.3) is 11.8 Å². The molecule has 0 spiro atoms. The SMILES string of the molecule is C=Cc1cc[c]([Sn]([CH3])([CH3])[CH3])cc1.CC(CC1C(=O)N(CCCCC(F)(F)C(F)(F)C(F)(F)C(F)(F)C(F)(F)C(F)(F)C(F)(F)C(F)(F)F)C(=O)C1C)c1cc[c]([Sn]([CH3])([CH3])[CH3])cc1.CCCCCCCCCCCCSC(=S)SC(C)(C#N)CCC(=O)O.O=C1C=CC(=O)N1CCCCC(F)(F)C(F)(F)C(F)(F)C(F)(F)C(F)(F)C(F)(F)C(F)(F)C(F)(F)F.[2H]C([3H])=S=S=P. The monoisotopic (exact) mass is 2220 g/mol. The summed E-state index contributed by atoms with van der Waals surface area (Å²) in [7, 11) is 5.30. The first-order chi connectivity index (χ1) is 57.9. The van der Waals surface area contributed by atoms with Crippen molar-refractivity contribution in [2.75, 3.05) is 18.8 Å². The second-order valence-electron chi connectivity index (χ2n) is 31.5. The van der Waals surface area contributed by atoms with Crippen molar-refractivity contribution in [3.05, 3.63) is 78.4 Å². The Kier molecular flexibility index (Phi) is 44.7. The zero-order valence-corrected chi connectivity index (χ0v) is 79.9. The summed E-state index contributed by atoms with van der Waals surface area (Å²) in [4.78, 5) is 73.5. The van der Waals surface area contributed by atoms with Crippen LogP contribution in [0, 0.1) is 23.2 Å². The molecule has 1 N–H and O–H groups in total. The second kappa shape index (κ2) is 47.8. The summed E-state index contributed by atoms with van der Waals surface area (Å²) in [6.07, 6.45) is -8.53. The number of carbonyl (C=O) groups excluding carboxylic acids is 4. The second-order valence-corrected chi connectivity index (χ2v) is 67.1. The van der Waals surface area contributed by atoms with Crippen molar-refractivity contribution < 1.29 is 181 Å². The van der Waals surface area contributed by atoms with Crippen LogP contribution in [0.15, 0.2) is 67.3 Å². The van der Waals surface area contributed by atoms with E-state index in [4.69, 9.17) is 20.1 Å². The Hall–Kier alpha value is -4.22. The number of amides is 4. The van der Waals surface area contributed by atoms with Crippen LogP contribution < -0.4 is 7.16 Å². The van der Waals surface area contributed by atoms with E-state index in [1.807, 2.05) is 30.3 Å². The van der Waals surface area contributed by atoms with Crippen LogP contribution >= 0.6 is 43.8 Å². The summed E-state index contributed by atoms with van der Waals surface area (Å²) in [5.41, 5.74) is 2.05. The van der Waals surface area contributed by atoms with Gasteiger partial charge in [-0.15, -0.1) is 11.8 Å². The number of aliphatic carboxylic acids is 1. The molecule has 2 aromatic rings. The van der Waals surface area contributed by atoms with Gasteiger partial charge in [-0.1, -0.05) is 108 Å². The van der Waals surface area contributed by atoms with Crippen LogP contribution in [0.25, 0.3) is 6.08 Å². The molecule has 4 rings (SSSR count). The molecule has 1 saturated heterocycles. The van der Waals surface area contributed by atoms with Gasteiger partial charge in [0, 0.05) is 38.0 Å². The number of imide groups is 2. The number of carbonyl (C=O) groups is 5. The normalized spacial score (nSPS) is 16.9. The average Bonchev–Trinajstić information content (AvgIpc) is 1.49. The predicted molar refractivity (Wildman–Crippen MR) is 432 cm³/mol. The number of hydrogen-bond donors (Lipinski definition) is 1. The zero-order valence-electron chi connectivity index (χ0n) is 71.1. The van der Waals surface area contributed by atoms with Crippen molar-refractivity contribution in [3.8, 4) is 6.07 Å². The summed E-state index contributed by atoms with van der Waals surface area (Å²) in [6, 6.07) is 18.7. The maximum atomic E-state index is 14.2. The van der Waals surface area contributed by atoms with Gasteiger partial charge in [-0.05, 0) is 52.2 Å². The standard InChI is InChI=1S/C26H23F17NO2.C19H33NO2S3.C16H10F17NO2.C8H7.CH3PS2.6CH3.2Sn/c1-13(15-8-4-3-5-9-15)12-16-14(2)17(45)44(18(16)46)11-7-6-10-19(27,28)20(29,30)21(31,32)22(33,34)23(35,36)24(37,38)25(39,40)26(41,42)43;1-3-4-5-6-7-8-9-10-11-12-15-24-18(23)25-19(2,16-20)14-13-17(21)22;17-9(18,5-1-2-6-34-7(35)3-4-8(34)36)10(19,20)11(21,22)12(23,24)13(25,26)14(27,28)15(29,30)16(31,32)33;1-2-8-6-4-3-5-7-8;1-3-4-2;;;;;;;;/h4-5,8-9,13-14,16H,6-7,10-12H2,1-2H3;3-15H2,1-2H3,(H,21,22);3-4H,1-2,5-6H2;2,4-7H,1H2;2H,1H2;6*1H3;;/i;;;;1TD;;;;;;;;. The van der Waals surface area contributed by atoms with E-state index < -0.39 is 230 Å². The third-order valence-corrected chi connectivity index (χ3v) is 35.4. The molecule has 0 aromatic heterocycles. The third kappa shape index (κ3) is 30.1. The number of carboxylic acid groups (broad SMARTS) is 1. The van der Waals surface area contributed by atoms with Crippen molar-refractivity contribution >= 4 is 152 Å². The van der Waals surface area contributed by atoms with Crippen LogP contribution in [0.2, 0.25) is 29.6 Å². The Morgan fingerprint density at radius 3 is 1.20 bits per heavy atom. The molecule has 51 heteroatoms. The van der Waals surface area contributed by atoms with E-state index in [9.17, 15) is 179 Å². The minimum Gasteiger partial charge on any atom is -0.481 e. The van der Waals surface area contributed by atoms with E-state index in [-0.39, 0.29) is 24.6 Å². The number of likely N-dealkylation sites (tertiary alicyclic amines) is 1. The maximum absolute atomic E-state index is 14.2. The van der Waals surface area contributed by atoms with Gasteiger partial charge in [0.2, 0.25) is 0 Å². The van der Waals surface area contributed by atoms with Gasteiger partial charge in [-0.25, -0.2) is 0 Å². The molecule has 2 aliphatic rings. The molecule has 127 heavy (non-hydrogen) atoms. The quantitative estimate of drug-likeness (QED) is 0.0171. The molecule has 2 heterocycles. The number of unbranched alkanes of at least 4 members (excludes halogenated alkanes) is 11. The third-order valence-electron chi connectivity index (χ3n) is 19.6. The number of nitriles is 1. The molecular formula is C76H94F34N3O6PS5Sn2. The summed E-state index contributed by atoms with van der Waals surface area (Å²) in [5.74, 6) is -119. The van der Waals surface area contributed by atoms with E-state index in [1.54, 1.807) is 29.2 Å². The van der Waals surface area contributed by atoms with Crippen molar-refractivity contribution in [1.82, 2.24) is 9.80 Å². The minimum atomic E-state index is -8.68. The van der Waals surface area contributed by atoms with Crippen LogP contribution in [-0.2, 0) is 43.4 Å². The van der Waals surface area contributed by atoms with Crippen LogP contribution in [-0.4, -0.2) is 209 Å². The largest absolute Gasteiger partial charge is 0.481 e. The number of carboxylic acids is 1. The van der Waals surface area contributed by atoms with Crippen LogP contribution in [0.5, 0.6) is 0 Å². The van der Waals surface area contributed by atoms with Gasteiger partial charge < -0.3 is 5.11 Å². The molecule has 0 aliphatic carbocycles. The minimum absolute atomic E-state index is 0.00276. The van der Waals surface area contributed by atoms with E-state index in [1.165, 1.54) is 95.1 Å². The molecule has 2 aromatic carbocycles. The summed E-state index contributed by atoms with van der Waals surface area (Å²) >= 11 is 4.13. The summed E-state index contributed by atoms with van der Waals surface area (Å²) in [6.45, 7) is 9.30. The Morgan fingerprint density at radius 1 is 0.543 bits per heavy atom. The molecule has 0 radical (unpaired) electrons. The average molecular weight is 2220 g/mol. The van der Waals surface area contributed by atoms with Gasteiger partial charge in [0.1, 0.15) is 8.28 Å². The number of thiocarbonyl (C=S) groups is 1. The fourth-order valence-corrected chi connectivity index (χ4v) is 21.1. The molecule has 4 amide bonds. The molecule has 1 fully saturated rings. The topological polar surface area (TPSA) is 136 Å². The van der Waals surface area contributed by atoms with Gasteiger partial charge in [-0.3, -0.25) is 19.3 Å². The van der Waals surface area contributed by atoms with Crippen molar-refractivity contribution in [3.63, 3.8) is 0 Å². The first kappa shape index (κ1) is 119. The van der Waals surface area contributed by atoms with E-state index >= 15 is 0 Å². The molecule has 9 nitrogen and oxygen atoms in total. The van der Waals surface area contributed by atoms with Gasteiger partial charge in [-0.2, -0.15) is 155 Å². The van der Waals surface area contributed by atoms with E-state index in [0.717, 1.165) is 31.2 Å². The van der Waals surface area contributed by atoms with E-state index in [0.29, 0.717) is 28.4 Å². The Bertz CT molecular complexity index is 4200. The molecule has 4 unspecified atom stereocenters. The Labute approximate surface area is 743 Å². The van der Waals surface area contributed by atoms with Crippen molar-refractivity contribution in [2.24, 2.45) is 11.8 Å². The fourth-order valence-electron chi connectivity index (χ4n) is 11.4. The van der Waals surface area contributed by atoms with E-state index in [2.05, 4.69) is 81.5 Å². The molecule has 2 aliphatic heterocycles. The number of hydrogen-bond acceptors (Lipinski definition) is 9. The number of rotatable bonds is 43. The molecule has 730 valence electrons. The first-order valence-corrected chi connectivity index (χ1v) is 63.5. The first-order valence-electron chi connectivity index (χ1n) is 38.9. The van der Waals surface area contributed by atoms with Gasteiger partial charge in [0.05, 0.1) is 8.81 Å². The zero-order chi connectivity index (χ0) is 102. The van der Waals surface area contributed by atoms with Crippen molar-refractivity contribution in [2.45, 2.75) is 285 Å². The fraction of sp³-hybridized carbons (Fsp3) is 0.684. The summed E-state index contributed by atoms with van der Waals surface area (Å²) < 4.78 is 468. The van der Waals surface area contributed by atoms with Gasteiger partial charge in [0.15, 0.2) is 0 Å². The molecule has 0 saturated carbocycles. The summed E-state index contributed by atoms with van der Waals surface area (Å²) in [5, 5.41) is 18.0. The number of alkyl halides is 34. The molecule has 4 atom stereocenters. The van der Waals surface area contributed by atoms with Gasteiger partial charge >= 0.3 is 331 Å².